The molecule has 6 aromatic carbocycles. The van der Waals surface area contributed by atoms with Gasteiger partial charge in [-0.15, -0.1) is 0 Å². The van der Waals surface area contributed by atoms with Crippen molar-refractivity contribution in [2.24, 2.45) is 0 Å². The van der Waals surface area contributed by atoms with Crippen molar-refractivity contribution in [1.82, 2.24) is 19.9 Å². The van der Waals surface area contributed by atoms with Crippen molar-refractivity contribution in [1.29, 1.82) is 0 Å². The predicted octanol–water partition coefficient (Wildman–Crippen LogP) is 8.88. The quantitative estimate of drug-likeness (QED) is 0.223. The molecule has 2 heterocycles. The summed E-state index contributed by atoms with van der Waals surface area (Å²) >= 11 is 0. The van der Waals surface area contributed by atoms with E-state index in [0.29, 0.717) is 11.6 Å². The minimum atomic E-state index is 0.684. The first-order valence-electron chi connectivity index (χ1n) is 13.3. The molecule has 0 atom stereocenters. The maximum Gasteiger partial charge on any atom is 0.160 e. The van der Waals surface area contributed by atoms with E-state index in [0.717, 1.165) is 49.6 Å². The lowest BCUT2D eigenvalue weighted by Crippen LogP contribution is -1.98. The molecule has 0 unspecified atom stereocenters. The molecule has 4 nitrogen and oxygen atoms in total. The highest BCUT2D eigenvalue weighted by Crippen LogP contribution is 2.36. The molecule has 40 heavy (non-hydrogen) atoms. The Morgan fingerprint density at radius 3 is 1.90 bits per heavy atom. The molecule has 8 rings (SSSR count). The number of rotatable bonds is 3. The van der Waals surface area contributed by atoms with Crippen molar-refractivity contribution < 1.29 is 0 Å². The van der Waals surface area contributed by atoms with Crippen LogP contribution in [0.2, 0.25) is 0 Å². The van der Waals surface area contributed by atoms with Crippen LogP contribution in [0.1, 0.15) is 0 Å². The van der Waals surface area contributed by atoms with Gasteiger partial charge in [-0.3, -0.25) is 0 Å². The first-order valence-corrected chi connectivity index (χ1v) is 13.3. The monoisotopic (exact) mass is 510 g/mol. The van der Waals surface area contributed by atoms with E-state index in [1.165, 1.54) is 16.2 Å². The van der Waals surface area contributed by atoms with Crippen molar-refractivity contribution >= 4 is 43.4 Å². The average Bonchev–Trinajstić information content (AvgIpc) is 3.04. The molecule has 0 N–H and O–H groups in total. The summed E-state index contributed by atoms with van der Waals surface area (Å²) in [6.45, 7) is 0. The van der Waals surface area contributed by atoms with Gasteiger partial charge in [-0.1, -0.05) is 109 Å². The second-order valence-electron chi connectivity index (χ2n) is 9.91. The molecule has 186 valence electrons. The molecule has 0 saturated heterocycles. The smallest absolute Gasteiger partial charge is 0.160 e. The average molecular weight is 511 g/mol. The SMILES string of the molecule is c1ccc(-c2nc(-c3ccccc3)c3ccc4nc(-c5cc6ccccc6c6ccccc56)ncc4c3n2)cc1. The summed E-state index contributed by atoms with van der Waals surface area (Å²) in [6.07, 6.45) is 1.92. The van der Waals surface area contributed by atoms with Crippen LogP contribution in [0.5, 0.6) is 0 Å². The minimum absolute atomic E-state index is 0.684. The normalized spacial score (nSPS) is 11.5. The Morgan fingerprint density at radius 2 is 1.10 bits per heavy atom. The second kappa shape index (κ2) is 9.07. The van der Waals surface area contributed by atoms with Gasteiger partial charge < -0.3 is 0 Å². The molecule has 0 aliphatic rings. The van der Waals surface area contributed by atoms with E-state index in [4.69, 9.17) is 19.9 Å². The van der Waals surface area contributed by atoms with Crippen LogP contribution in [-0.4, -0.2) is 19.9 Å². The molecule has 0 saturated carbocycles. The summed E-state index contributed by atoms with van der Waals surface area (Å²) in [6, 6.07) is 43.7. The fourth-order valence-electron chi connectivity index (χ4n) is 5.60. The van der Waals surface area contributed by atoms with Crippen LogP contribution in [0.15, 0.2) is 134 Å². The van der Waals surface area contributed by atoms with Gasteiger partial charge in [0, 0.05) is 33.7 Å². The lowest BCUT2D eigenvalue weighted by Gasteiger charge is -2.13. The molecule has 0 spiro atoms. The van der Waals surface area contributed by atoms with Gasteiger partial charge in [-0.2, -0.15) is 0 Å². The van der Waals surface area contributed by atoms with Gasteiger partial charge in [0.2, 0.25) is 0 Å². The number of hydrogen-bond donors (Lipinski definition) is 0. The second-order valence-corrected chi connectivity index (χ2v) is 9.91. The number of aromatic nitrogens is 4. The fourth-order valence-corrected chi connectivity index (χ4v) is 5.60. The Bertz CT molecular complexity index is 2210. The third-order valence-electron chi connectivity index (χ3n) is 7.52. The zero-order chi connectivity index (χ0) is 26.5. The molecule has 0 amide bonds. The molecule has 0 radical (unpaired) electrons. The highest BCUT2D eigenvalue weighted by atomic mass is 14.9. The lowest BCUT2D eigenvalue weighted by molar-refractivity contribution is 1.21. The first kappa shape index (κ1) is 22.5. The van der Waals surface area contributed by atoms with E-state index >= 15 is 0 Å². The molecule has 4 heteroatoms. The predicted molar refractivity (Wildman–Crippen MR) is 164 cm³/mol. The van der Waals surface area contributed by atoms with Gasteiger partial charge in [0.1, 0.15) is 0 Å². The van der Waals surface area contributed by atoms with Gasteiger partial charge in [0.25, 0.3) is 0 Å². The molecular formula is C36H22N4. The van der Waals surface area contributed by atoms with Crippen molar-refractivity contribution in [2.75, 3.05) is 0 Å². The van der Waals surface area contributed by atoms with Crippen molar-refractivity contribution in [2.45, 2.75) is 0 Å². The zero-order valence-electron chi connectivity index (χ0n) is 21.5. The summed E-state index contributed by atoms with van der Waals surface area (Å²) in [5, 5.41) is 6.62. The van der Waals surface area contributed by atoms with Crippen LogP contribution >= 0.6 is 0 Å². The maximum absolute atomic E-state index is 5.09. The van der Waals surface area contributed by atoms with Gasteiger partial charge >= 0.3 is 0 Å². The van der Waals surface area contributed by atoms with Crippen molar-refractivity contribution in [3.05, 3.63) is 134 Å². The summed E-state index contributed by atoms with van der Waals surface area (Å²) in [5.74, 6) is 1.39. The van der Waals surface area contributed by atoms with E-state index in [-0.39, 0.29) is 0 Å². The van der Waals surface area contributed by atoms with Crippen LogP contribution in [0.4, 0.5) is 0 Å². The molecule has 2 aromatic heterocycles. The van der Waals surface area contributed by atoms with Crippen LogP contribution in [-0.2, 0) is 0 Å². The van der Waals surface area contributed by atoms with Gasteiger partial charge in [-0.05, 0) is 39.7 Å². The first-order chi connectivity index (χ1) is 19.8. The van der Waals surface area contributed by atoms with Crippen molar-refractivity contribution in [3.63, 3.8) is 0 Å². The van der Waals surface area contributed by atoms with Gasteiger partial charge in [0.15, 0.2) is 11.6 Å². The molecule has 0 aliphatic heterocycles. The Morgan fingerprint density at radius 1 is 0.425 bits per heavy atom. The molecular weight excluding hydrogens is 488 g/mol. The molecule has 8 aromatic rings. The Balaban J connectivity index is 1.39. The summed E-state index contributed by atoms with van der Waals surface area (Å²) < 4.78 is 0. The number of hydrogen-bond acceptors (Lipinski definition) is 4. The Kier molecular flexibility index (Phi) is 5.10. The molecule has 0 bridgehead atoms. The topological polar surface area (TPSA) is 51.6 Å². The highest BCUT2D eigenvalue weighted by molar-refractivity contribution is 6.14. The zero-order valence-corrected chi connectivity index (χ0v) is 21.5. The standard InChI is InChI=1S/C36H22N4/c1-3-11-23(12-4-1)33-29-19-20-32-31(34(29)40-35(39-33)24-13-5-2-6-14-24)22-37-36(38-32)30-21-25-15-7-8-16-26(25)27-17-9-10-18-28(27)30/h1-22H. The largest absolute Gasteiger partial charge is 0.236 e. The molecule has 0 fully saturated rings. The Hall–Kier alpha value is -5.48. The fraction of sp³-hybridized carbons (Fsp3) is 0. The maximum atomic E-state index is 5.09. The van der Waals surface area contributed by atoms with Crippen LogP contribution < -0.4 is 0 Å². The number of benzene rings is 6. The van der Waals surface area contributed by atoms with Crippen molar-refractivity contribution in [3.8, 4) is 34.0 Å². The van der Waals surface area contributed by atoms with Gasteiger partial charge in [0.05, 0.1) is 16.7 Å². The number of nitrogens with zero attached hydrogens (tertiary/aromatic N) is 4. The van der Waals surface area contributed by atoms with Crippen LogP contribution in [0.25, 0.3) is 77.4 Å². The Labute approximate surface area is 230 Å². The van der Waals surface area contributed by atoms with E-state index in [2.05, 4.69) is 78.9 Å². The molecule has 0 aliphatic carbocycles. The van der Waals surface area contributed by atoms with E-state index in [1.807, 2.05) is 54.7 Å². The summed E-state index contributed by atoms with van der Waals surface area (Å²) in [7, 11) is 0. The van der Waals surface area contributed by atoms with Crippen LogP contribution in [0, 0.1) is 0 Å². The summed E-state index contributed by atoms with van der Waals surface area (Å²) in [4.78, 5) is 20.1. The van der Waals surface area contributed by atoms with Crippen LogP contribution in [0.3, 0.4) is 0 Å². The van der Waals surface area contributed by atoms with E-state index in [9.17, 15) is 0 Å². The minimum Gasteiger partial charge on any atom is -0.236 e. The number of fused-ring (bicyclic) bond motifs is 6. The third-order valence-corrected chi connectivity index (χ3v) is 7.52. The lowest BCUT2D eigenvalue weighted by atomic mass is 9.97. The van der Waals surface area contributed by atoms with E-state index in [1.54, 1.807) is 0 Å². The summed E-state index contributed by atoms with van der Waals surface area (Å²) in [5.41, 5.74) is 5.64. The van der Waals surface area contributed by atoms with E-state index < -0.39 is 0 Å². The third kappa shape index (κ3) is 3.62. The highest BCUT2D eigenvalue weighted by Gasteiger charge is 2.16. The van der Waals surface area contributed by atoms with Gasteiger partial charge in [-0.25, -0.2) is 19.9 Å².